The Morgan fingerprint density at radius 2 is 0.899 bits per heavy atom. The number of carboxylic acid groups (broad SMARTS) is 4. The average Bonchev–Trinajstić information content (AvgIpc) is 3.24. The zero-order valence-electron chi connectivity index (χ0n) is 35.3. The minimum atomic E-state index is -1.88. The summed E-state index contributed by atoms with van der Waals surface area (Å²) in [5.41, 5.74) is 8.63. The van der Waals surface area contributed by atoms with Crippen LogP contribution >= 0.6 is 0 Å². The molecule has 2 atom stereocenters. The third-order valence-corrected chi connectivity index (χ3v) is 8.60. The van der Waals surface area contributed by atoms with E-state index in [0.29, 0.717) is 0 Å². The van der Waals surface area contributed by atoms with Crippen LogP contribution in [0.2, 0.25) is 0 Å². The summed E-state index contributed by atoms with van der Waals surface area (Å²) in [5, 5.41) is 60.3. The number of carbonyl (C=O) groups is 8. The summed E-state index contributed by atoms with van der Waals surface area (Å²) in [6.45, 7) is -0.988. The first-order chi connectivity index (χ1) is 32.6. The number of aliphatic carboxylic acids is 4. The molecule has 0 aromatic heterocycles. The topological polar surface area (TPSA) is 411 Å². The molecule has 0 aliphatic carbocycles. The van der Waals surface area contributed by atoms with Gasteiger partial charge in [-0.3, -0.25) is 30.0 Å². The molecule has 0 radical (unpaired) electrons. The van der Waals surface area contributed by atoms with Gasteiger partial charge in [-0.15, -0.1) is 0 Å². The molecule has 0 aliphatic rings. The second-order valence-electron chi connectivity index (χ2n) is 13.9. The monoisotopic (exact) mass is 966 g/mol. The number of nitrogens with two attached hydrogens (primary N) is 2. The lowest BCUT2D eigenvalue weighted by Crippen LogP contribution is -2.42. The molecule has 0 bridgehead atoms. The summed E-state index contributed by atoms with van der Waals surface area (Å²) < 4.78 is 57.0. The van der Waals surface area contributed by atoms with Crippen molar-refractivity contribution in [3.05, 3.63) is 107 Å². The predicted octanol–water partition coefficient (Wildman–Crippen LogP) is 1.80. The predicted molar refractivity (Wildman–Crippen MR) is 231 cm³/mol. The molecule has 0 fully saturated rings. The number of hydrogen-bond donors (Lipinski definition) is 12. The van der Waals surface area contributed by atoms with Crippen LogP contribution < -0.4 is 51.7 Å². The maximum atomic E-state index is 14.8. The SMILES string of the molecule is N=C(N)Nc1ccc(C(=O)Oc2cc(OCCOCCOc3cc(OC(=O)c4ccc(NC(=N)N)cc4F)cc(C(=O)NC(CC(=O)O)C(=O)O)c3)cc(C(=O)NC(CC(=O)O)C(=O)O)c2)c(F)c1. The standard InChI is InChI=1S/C42H40F2N8O17/c43-29-13-21(49-41(45)46)1-3-27(29)39(63)68-25-11-19(35(57)51-31(37(59)60)17-33(53)54)9-23(15-25)66-7-5-65-6-8-67-24-10-20(36(58)52-32(38(61)62)18-34(55)56)12-26(16-24)69-40(64)28-4-2-22(14-30(28)44)50-42(47)48/h1-4,9-16,31-32H,5-8,17-18H2,(H,51,57)(H,52,58)(H,53,54)(H,55,56)(H,59,60)(H,61,62)(H4,45,46,49)(H4,47,48,50). The van der Waals surface area contributed by atoms with Crippen molar-refractivity contribution in [1.82, 2.24) is 10.6 Å². The summed E-state index contributed by atoms with van der Waals surface area (Å²) in [6.07, 6.45) is -1.99. The van der Waals surface area contributed by atoms with E-state index in [2.05, 4.69) is 10.6 Å². The molecule has 69 heavy (non-hydrogen) atoms. The van der Waals surface area contributed by atoms with Crippen molar-refractivity contribution >= 4 is 70.9 Å². The largest absolute Gasteiger partial charge is 0.491 e. The number of anilines is 2. The Morgan fingerprint density at radius 3 is 1.22 bits per heavy atom. The number of esters is 2. The molecular formula is C42H40F2N8O17. The lowest BCUT2D eigenvalue weighted by molar-refractivity contribution is -0.145. The number of hydrogen-bond acceptors (Lipinski definition) is 15. The van der Waals surface area contributed by atoms with Crippen molar-refractivity contribution < 1.29 is 91.2 Å². The second-order valence-corrected chi connectivity index (χ2v) is 13.9. The van der Waals surface area contributed by atoms with E-state index >= 15 is 0 Å². The van der Waals surface area contributed by atoms with Crippen molar-refractivity contribution in [1.29, 1.82) is 10.8 Å². The number of amides is 2. The van der Waals surface area contributed by atoms with Gasteiger partial charge in [0.2, 0.25) is 0 Å². The molecule has 0 spiro atoms. The maximum Gasteiger partial charge on any atom is 0.346 e. The van der Waals surface area contributed by atoms with Crippen LogP contribution in [0.1, 0.15) is 54.3 Å². The van der Waals surface area contributed by atoms with Crippen molar-refractivity contribution in [2.75, 3.05) is 37.1 Å². The van der Waals surface area contributed by atoms with Gasteiger partial charge in [0.05, 0.1) is 37.2 Å². The molecular weight excluding hydrogens is 926 g/mol. The second kappa shape index (κ2) is 24.2. The number of nitrogens with one attached hydrogen (secondary N) is 6. The summed E-state index contributed by atoms with van der Waals surface area (Å²) in [5.74, 6) is -15.5. The highest BCUT2D eigenvalue weighted by Gasteiger charge is 2.27. The van der Waals surface area contributed by atoms with E-state index in [4.69, 9.17) is 56.2 Å². The molecule has 0 heterocycles. The van der Waals surface area contributed by atoms with E-state index < -0.39 is 119 Å². The minimum absolute atomic E-state index is 0.0347. The molecule has 0 saturated carbocycles. The molecule has 4 rings (SSSR count). The third-order valence-electron chi connectivity index (χ3n) is 8.60. The van der Waals surface area contributed by atoms with Gasteiger partial charge in [0.15, 0.2) is 11.9 Å². The van der Waals surface area contributed by atoms with E-state index in [1.165, 1.54) is 12.1 Å². The van der Waals surface area contributed by atoms with Gasteiger partial charge in [0, 0.05) is 34.6 Å². The molecule has 2 unspecified atom stereocenters. The zero-order chi connectivity index (χ0) is 50.9. The van der Waals surface area contributed by atoms with Gasteiger partial charge in [-0.05, 0) is 60.7 Å². The summed E-state index contributed by atoms with van der Waals surface area (Å²) in [4.78, 5) is 97.7. The lowest BCUT2D eigenvalue weighted by Gasteiger charge is -2.15. The summed E-state index contributed by atoms with van der Waals surface area (Å²) >= 11 is 0. The first kappa shape index (κ1) is 52.2. The Balaban J connectivity index is 1.47. The minimum Gasteiger partial charge on any atom is -0.491 e. The van der Waals surface area contributed by atoms with E-state index in [1.54, 1.807) is 0 Å². The van der Waals surface area contributed by atoms with Crippen LogP contribution in [0.3, 0.4) is 0 Å². The van der Waals surface area contributed by atoms with Gasteiger partial charge in [-0.2, -0.15) is 0 Å². The highest BCUT2D eigenvalue weighted by Crippen LogP contribution is 2.27. The van der Waals surface area contributed by atoms with Crippen LogP contribution in [0, 0.1) is 22.5 Å². The highest BCUT2D eigenvalue weighted by atomic mass is 19.1. The van der Waals surface area contributed by atoms with Crippen LogP contribution in [0.15, 0.2) is 72.8 Å². The highest BCUT2D eigenvalue weighted by molar-refractivity contribution is 6.00. The number of benzene rings is 4. The Morgan fingerprint density at radius 1 is 0.536 bits per heavy atom. The Kier molecular flexibility index (Phi) is 18.3. The van der Waals surface area contributed by atoms with E-state index in [1.807, 2.05) is 10.6 Å². The van der Waals surface area contributed by atoms with Crippen LogP contribution in [0.25, 0.3) is 0 Å². The zero-order valence-corrected chi connectivity index (χ0v) is 35.3. The Hall–Kier alpha value is -9.40. The molecule has 4 aromatic carbocycles. The van der Waals surface area contributed by atoms with Gasteiger partial charge in [0.25, 0.3) is 11.8 Å². The van der Waals surface area contributed by atoms with Crippen molar-refractivity contribution in [3.8, 4) is 23.0 Å². The fraction of sp³-hybridized carbons (Fsp3) is 0.190. The maximum absolute atomic E-state index is 14.8. The molecule has 27 heteroatoms. The summed E-state index contributed by atoms with van der Waals surface area (Å²) in [7, 11) is 0. The van der Waals surface area contributed by atoms with E-state index in [-0.39, 0.29) is 60.4 Å². The van der Waals surface area contributed by atoms with Crippen LogP contribution in [0.5, 0.6) is 23.0 Å². The molecule has 0 saturated heterocycles. The van der Waals surface area contributed by atoms with Crippen molar-refractivity contribution in [3.63, 3.8) is 0 Å². The molecule has 25 nitrogen and oxygen atoms in total. The van der Waals surface area contributed by atoms with Crippen molar-refractivity contribution in [2.24, 2.45) is 11.5 Å². The number of ether oxygens (including phenoxy) is 5. The van der Waals surface area contributed by atoms with Crippen molar-refractivity contribution in [2.45, 2.75) is 24.9 Å². The number of carboxylic acids is 4. The van der Waals surface area contributed by atoms with Gasteiger partial charge in [-0.25, -0.2) is 28.0 Å². The Labute approximate surface area is 386 Å². The number of halogens is 2. The molecule has 364 valence electrons. The first-order valence-corrected chi connectivity index (χ1v) is 19.5. The van der Waals surface area contributed by atoms with E-state index in [0.717, 1.165) is 60.7 Å². The normalized spacial score (nSPS) is 11.4. The lowest BCUT2D eigenvalue weighted by atomic mass is 10.1. The average molecular weight is 967 g/mol. The molecule has 4 aromatic rings. The van der Waals surface area contributed by atoms with Crippen LogP contribution in [0.4, 0.5) is 20.2 Å². The molecule has 0 aliphatic heterocycles. The van der Waals surface area contributed by atoms with Gasteiger partial charge < -0.3 is 76.8 Å². The Bertz CT molecular complexity index is 2510. The number of carbonyl (C=O) groups excluding carboxylic acids is 4. The number of rotatable bonds is 24. The third kappa shape index (κ3) is 16.5. The smallest absolute Gasteiger partial charge is 0.346 e. The van der Waals surface area contributed by atoms with Gasteiger partial charge in [0.1, 0.15) is 59.9 Å². The van der Waals surface area contributed by atoms with Crippen LogP contribution in [-0.4, -0.2) is 118 Å². The fourth-order valence-corrected chi connectivity index (χ4v) is 5.61. The quantitative estimate of drug-likeness (QED) is 0.0157. The summed E-state index contributed by atoms with van der Waals surface area (Å²) in [6, 6.07) is 8.75. The van der Waals surface area contributed by atoms with Crippen LogP contribution in [-0.2, 0) is 23.9 Å². The fourth-order valence-electron chi connectivity index (χ4n) is 5.61. The van der Waals surface area contributed by atoms with Gasteiger partial charge in [-0.1, -0.05) is 0 Å². The van der Waals surface area contributed by atoms with E-state index in [9.17, 15) is 57.4 Å². The first-order valence-electron chi connectivity index (χ1n) is 19.5. The number of guanidine groups is 2. The molecule has 2 amide bonds. The van der Waals surface area contributed by atoms with Gasteiger partial charge >= 0.3 is 35.8 Å². The molecule has 14 N–H and O–H groups in total.